The molecule has 1 N–H and O–H groups in total. The molecule has 0 radical (unpaired) electrons. The SMILES string of the molecule is C[C@H](NC(=O)/C=C/c1cccc([N+](=O)[O-])c1)C12CC3CC(CC(C3)C1)C2. The Kier molecular flexibility index (Phi) is 4.33. The van der Waals surface area contributed by atoms with Crippen molar-refractivity contribution in [3.05, 3.63) is 46.0 Å². The predicted octanol–water partition coefficient (Wildman–Crippen LogP) is 4.33. The van der Waals surface area contributed by atoms with Gasteiger partial charge in [-0.05, 0) is 80.3 Å². The molecule has 4 fully saturated rings. The van der Waals surface area contributed by atoms with Crippen molar-refractivity contribution in [1.29, 1.82) is 0 Å². The maximum absolute atomic E-state index is 12.4. The van der Waals surface area contributed by atoms with Crippen molar-refractivity contribution in [2.24, 2.45) is 23.2 Å². The van der Waals surface area contributed by atoms with E-state index >= 15 is 0 Å². The van der Waals surface area contributed by atoms with Crippen LogP contribution in [0.3, 0.4) is 0 Å². The lowest BCUT2D eigenvalue weighted by atomic mass is 9.48. The summed E-state index contributed by atoms with van der Waals surface area (Å²) in [6.07, 6.45) is 11.1. The summed E-state index contributed by atoms with van der Waals surface area (Å²) in [6.45, 7) is 2.16. The van der Waals surface area contributed by atoms with E-state index in [4.69, 9.17) is 0 Å². The zero-order valence-electron chi connectivity index (χ0n) is 15.2. The Hall–Kier alpha value is -2.17. The third kappa shape index (κ3) is 3.27. The first-order valence-corrected chi connectivity index (χ1v) is 9.66. The van der Waals surface area contributed by atoms with Crippen LogP contribution in [-0.4, -0.2) is 16.9 Å². The number of carbonyl (C=O) groups excluding carboxylic acids is 1. The van der Waals surface area contributed by atoms with E-state index < -0.39 is 4.92 Å². The highest BCUT2D eigenvalue weighted by Crippen LogP contribution is 2.61. The van der Waals surface area contributed by atoms with E-state index in [9.17, 15) is 14.9 Å². The van der Waals surface area contributed by atoms with Crippen molar-refractivity contribution >= 4 is 17.7 Å². The fourth-order valence-electron chi connectivity index (χ4n) is 6.04. The normalized spacial score (nSPS) is 33.3. The molecule has 0 aliphatic heterocycles. The smallest absolute Gasteiger partial charge is 0.270 e. The first kappa shape index (κ1) is 17.3. The van der Waals surface area contributed by atoms with E-state index in [0.29, 0.717) is 5.56 Å². The van der Waals surface area contributed by atoms with Crippen molar-refractivity contribution in [2.45, 2.75) is 51.5 Å². The van der Waals surface area contributed by atoms with Gasteiger partial charge in [0.05, 0.1) is 4.92 Å². The van der Waals surface area contributed by atoms with Crippen molar-refractivity contribution in [3.8, 4) is 0 Å². The number of nitro benzene ring substituents is 1. The van der Waals surface area contributed by atoms with Crippen LogP contribution in [0, 0.1) is 33.3 Å². The zero-order valence-corrected chi connectivity index (χ0v) is 15.2. The van der Waals surface area contributed by atoms with E-state index in [1.54, 1.807) is 18.2 Å². The molecule has 138 valence electrons. The fourth-order valence-corrected chi connectivity index (χ4v) is 6.04. The monoisotopic (exact) mass is 354 g/mol. The predicted molar refractivity (Wildman–Crippen MR) is 100 cm³/mol. The molecular formula is C21H26N2O3. The van der Waals surface area contributed by atoms with Gasteiger partial charge in [0.15, 0.2) is 0 Å². The van der Waals surface area contributed by atoms with Crippen molar-refractivity contribution in [1.82, 2.24) is 5.32 Å². The fraction of sp³-hybridized carbons (Fsp3) is 0.571. The van der Waals surface area contributed by atoms with Crippen molar-refractivity contribution in [3.63, 3.8) is 0 Å². The van der Waals surface area contributed by atoms with Crippen molar-refractivity contribution < 1.29 is 9.72 Å². The molecular weight excluding hydrogens is 328 g/mol. The van der Waals surface area contributed by atoms with Gasteiger partial charge in [-0.3, -0.25) is 14.9 Å². The number of carbonyl (C=O) groups is 1. The van der Waals surface area contributed by atoms with Gasteiger partial charge < -0.3 is 5.32 Å². The van der Waals surface area contributed by atoms with Crippen LogP contribution in [0.5, 0.6) is 0 Å². The number of hydrogen-bond donors (Lipinski definition) is 1. The number of rotatable bonds is 5. The van der Waals surface area contributed by atoms with E-state index in [2.05, 4.69) is 12.2 Å². The Morgan fingerprint density at radius 1 is 1.23 bits per heavy atom. The van der Waals surface area contributed by atoms with Crippen LogP contribution in [-0.2, 0) is 4.79 Å². The molecule has 0 spiro atoms. The molecule has 4 bridgehead atoms. The van der Waals surface area contributed by atoms with Gasteiger partial charge in [0.2, 0.25) is 5.91 Å². The topological polar surface area (TPSA) is 72.2 Å². The van der Waals surface area contributed by atoms with Gasteiger partial charge in [-0.15, -0.1) is 0 Å². The number of nitrogens with zero attached hydrogens (tertiary/aromatic N) is 1. The molecule has 1 amide bonds. The molecule has 1 atom stereocenters. The molecule has 4 aliphatic rings. The van der Waals surface area contributed by atoms with Crippen LogP contribution in [0.2, 0.25) is 0 Å². The second-order valence-electron chi connectivity index (χ2n) is 8.70. The van der Waals surface area contributed by atoms with Crippen LogP contribution in [0.4, 0.5) is 5.69 Å². The molecule has 1 aromatic rings. The molecule has 4 saturated carbocycles. The number of non-ortho nitro benzene ring substituents is 1. The Balaban J connectivity index is 1.40. The summed E-state index contributed by atoms with van der Waals surface area (Å²) in [5, 5.41) is 14.0. The number of benzene rings is 1. The lowest BCUT2D eigenvalue weighted by Gasteiger charge is -2.59. The highest BCUT2D eigenvalue weighted by molar-refractivity contribution is 5.92. The molecule has 0 saturated heterocycles. The standard InChI is InChI=1S/C21H26N2O3/c1-14(21-11-16-7-17(12-21)9-18(8-16)13-21)22-20(24)6-5-15-3-2-4-19(10-15)23(25)26/h2-6,10,14,16-18H,7-9,11-13H2,1H3,(H,22,24)/b6-5+/t14-,16?,17?,18?,21?/m0/s1. The summed E-state index contributed by atoms with van der Waals surface area (Å²) in [7, 11) is 0. The Labute approximate surface area is 154 Å². The van der Waals surface area contributed by atoms with Crippen LogP contribution in [0.1, 0.15) is 51.0 Å². The summed E-state index contributed by atoms with van der Waals surface area (Å²) in [4.78, 5) is 22.8. The molecule has 5 rings (SSSR count). The Bertz CT molecular complexity index is 720. The van der Waals surface area contributed by atoms with Crippen LogP contribution in [0.15, 0.2) is 30.3 Å². The van der Waals surface area contributed by atoms with E-state index in [1.165, 1.54) is 56.7 Å². The number of nitro groups is 1. The summed E-state index contributed by atoms with van der Waals surface area (Å²) in [5.41, 5.74) is 0.982. The second kappa shape index (κ2) is 6.53. The lowest BCUT2D eigenvalue weighted by Crippen LogP contribution is -2.55. The number of amides is 1. The average molecular weight is 354 g/mol. The maximum atomic E-state index is 12.4. The average Bonchev–Trinajstić information content (AvgIpc) is 2.59. The van der Waals surface area contributed by atoms with Crippen molar-refractivity contribution in [2.75, 3.05) is 0 Å². The largest absolute Gasteiger partial charge is 0.350 e. The third-order valence-corrected chi connectivity index (χ3v) is 6.87. The van der Waals surface area contributed by atoms with Gasteiger partial charge in [0.1, 0.15) is 0 Å². The molecule has 4 aliphatic carbocycles. The minimum absolute atomic E-state index is 0.0366. The van der Waals surface area contributed by atoms with Gasteiger partial charge in [0.25, 0.3) is 5.69 Å². The van der Waals surface area contributed by atoms with Gasteiger partial charge in [0, 0.05) is 24.3 Å². The first-order chi connectivity index (χ1) is 12.4. The van der Waals surface area contributed by atoms with Crippen LogP contribution < -0.4 is 5.32 Å². The maximum Gasteiger partial charge on any atom is 0.270 e. The molecule has 0 aromatic heterocycles. The van der Waals surface area contributed by atoms with Gasteiger partial charge in [-0.2, -0.15) is 0 Å². The zero-order chi connectivity index (χ0) is 18.3. The second-order valence-corrected chi connectivity index (χ2v) is 8.70. The first-order valence-electron chi connectivity index (χ1n) is 9.66. The summed E-state index contributed by atoms with van der Waals surface area (Å²) < 4.78 is 0. The molecule has 5 nitrogen and oxygen atoms in total. The van der Waals surface area contributed by atoms with Gasteiger partial charge in [-0.25, -0.2) is 0 Å². The quantitative estimate of drug-likeness (QED) is 0.486. The molecule has 0 heterocycles. The summed E-state index contributed by atoms with van der Waals surface area (Å²) in [6, 6.07) is 6.50. The van der Waals surface area contributed by atoms with Crippen LogP contribution >= 0.6 is 0 Å². The highest BCUT2D eigenvalue weighted by Gasteiger charge is 2.53. The number of hydrogen-bond acceptors (Lipinski definition) is 3. The van der Waals surface area contributed by atoms with E-state index in [0.717, 1.165) is 17.8 Å². The Morgan fingerprint density at radius 3 is 2.42 bits per heavy atom. The molecule has 1 aromatic carbocycles. The minimum atomic E-state index is -0.424. The van der Waals surface area contributed by atoms with E-state index in [-0.39, 0.29) is 23.1 Å². The lowest BCUT2D eigenvalue weighted by molar-refractivity contribution is -0.384. The van der Waals surface area contributed by atoms with E-state index in [1.807, 2.05) is 0 Å². The minimum Gasteiger partial charge on any atom is -0.350 e. The highest BCUT2D eigenvalue weighted by atomic mass is 16.6. The van der Waals surface area contributed by atoms with Crippen LogP contribution in [0.25, 0.3) is 6.08 Å². The van der Waals surface area contributed by atoms with Gasteiger partial charge in [-0.1, -0.05) is 12.1 Å². The Morgan fingerprint density at radius 2 is 1.85 bits per heavy atom. The van der Waals surface area contributed by atoms with Gasteiger partial charge >= 0.3 is 0 Å². The summed E-state index contributed by atoms with van der Waals surface area (Å²) in [5.74, 6) is 2.47. The molecule has 5 heteroatoms. The third-order valence-electron chi connectivity index (χ3n) is 6.87. The number of nitrogens with one attached hydrogen (secondary N) is 1. The summed E-state index contributed by atoms with van der Waals surface area (Å²) >= 11 is 0. The molecule has 0 unspecified atom stereocenters. The molecule has 26 heavy (non-hydrogen) atoms.